The summed E-state index contributed by atoms with van der Waals surface area (Å²) in [6.07, 6.45) is -3.50. The molecule has 0 aliphatic carbocycles. The van der Waals surface area contributed by atoms with E-state index >= 15 is 0 Å². The first-order valence-electron chi connectivity index (χ1n) is 7.55. The normalized spacial score (nSPS) is 19.5. The molecule has 0 N–H and O–H groups in total. The van der Waals surface area contributed by atoms with Crippen LogP contribution in [-0.2, 0) is 16.2 Å². The largest absolute Gasteiger partial charge is 0.417 e. The first-order chi connectivity index (χ1) is 11.3. The van der Waals surface area contributed by atoms with Crippen molar-refractivity contribution < 1.29 is 21.6 Å². The molecule has 7 heteroatoms. The van der Waals surface area contributed by atoms with E-state index < -0.39 is 32.7 Å². The minimum atomic E-state index is -4.72. The Bertz CT molecular complexity index is 819. The molecule has 1 heterocycles. The maximum absolute atomic E-state index is 13.2. The predicted molar refractivity (Wildman–Crippen MR) is 83.8 cm³/mol. The Balaban J connectivity index is 2.06. The van der Waals surface area contributed by atoms with Gasteiger partial charge in [-0.1, -0.05) is 42.5 Å². The van der Waals surface area contributed by atoms with Gasteiger partial charge in [0.1, 0.15) is 0 Å². The van der Waals surface area contributed by atoms with E-state index in [-0.39, 0.29) is 6.54 Å². The highest BCUT2D eigenvalue weighted by Crippen LogP contribution is 2.40. The molecule has 0 saturated carbocycles. The Labute approximate surface area is 138 Å². The summed E-state index contributed by atoms with van der Waals surface area (Å²) in [5.74, 6) is 0. The molecule has 0 spiro atoms. The van der Waals surface area contributed by atoms with Gasteiger partial charge in [-0.05, 0) is 30.5 Å². The lowest BCUT2D eigenvalue weighted by molar-refractivity contribution is -0.139. The van der Waals surface area contributed by atoms with Crippen molar-refractivity contribution in [2.24, 2.45) is 0 Å². The Morgan fingerprint density at radius 3 is 2.25 bits per heavy atom. The minimum Gasteiger partial charge on any atom is -0.207 e. The minimum absolute atomic E-state index is 0.216. The highest BCUT2D eigenvalue weighted by atomic mass is 32.2. The van der Waals surface area contributed by atoms with Crippen molar-refractivity contribution in [3.63, 3.8) is 0 Å². The van der Waals surface area contributed by atoms with Crippen LogP contribution in [0.5, 0.6) is 0 Å². The van der Waals surface area contributed by atoms with E-state index in [1.54, 1.807) is 24.3 Å². The standard InChI is InChI=1S/C17H16F3NO2S/c18-17(19,20)14-9-4-5-11-16(14)24(22,23)21-12-6-10-15(21)13-7-2-1-3-8-13/h1-5,7-9,11,15H,6,10,12H2. The Morgan fingerprint density at radius 1 is 0.958 bits per heavy atom. The second-order valence-electron chi connectivity index (χ2n) is 5.68. The van der Waals surface area contributed by atoms with Gasteiger partial charge in [0.15, 0.2) is 0 Å². The quantitative estimate of drug-likeness (QED) is 0.826. The van der Waals surface area contributed by atoms with Crippen molar-refractivity contribution in [2.45, 2.75) is 30.0 Å². The maximum Gasteiger partial charge on any atom is 0.417 e. The van der Waals surface area contributed by atoms with Gasteiger partial charge in [0, 0.05) is 6.54 Å². The number of rotatable bonds is 3. The van der Waals surface area contributed by atoms with Crippen molar-refractivity contribution in [1.29, 1.82) is 0 Å². The zero-order valence-corrected chi connectivity index (χ0v) is 13.5. The fourth-order valence-corrected chi connectivity index (χ4v) is 4.98. The van der Waals surface area contributed by atoms with Crippen LogP contribution in [0, 0.1) is 0 Å². The van der Waals surface area contributed by atoms with E-state index in [0.29, 0.717) is 12.8 Å². The van der Waals surface area contributed by atoms with Crippen LogP contribution in [0.25, 0.3) is 0 Å². The summed E-state index contributed by atoms with van der Waals surface area (Å²) in [6, 6.07) is 12.9. The molecule has 0 aromatic heterocycles. The first-order valence-corrected chi connectivity index (χ1v) is 8.99. The van der Waals surface area contributed by atoms with Gasteiger partial charge < -0.3 is 0 Å². The Kier molecular flexibility index (Phi) is 4.40. The zero-order valence-electron chi connectivity index (χ0n) is 12.7. The second-order valence-corrected chi connectivity index (χ2v) is 7.54. The van der Waals surface area contributed by atoms with Gasteiger partial charge in [-0.15, -0.1) is 0 Å². The molecular weight excluding hydrogens is 339 g/mol. The number of nitrogens with zero attached hydrogens (tertiary/aromatic N) is 1. The molecule has 0 radical (unpaired) electrons. The van der Waals surface area contributed by atoms with Gasteiger partial charge in [-0.3, -0.25) is 0 Å². The van der Waals surface area contributed by atoms with E-state index in [1.807, 2.05) is 6.07 Å². The Morgan fingerprint density at radius 2 is 1.58 bits per heavy atom. The monoisotopic (exact) mass is 355 g/mol. The highest BCUT2D eigenvalue weighted by Gasteiger charge is 2.42. The van der Waals surface area contributed by atoms with Crippen molar-refractivity contribution in [3.05, 3.63) is 65.7 Å². The lowest BCUT2D eigenvalue weighted by atomic mass is 10.1. The first kappa shape index (κ1) is 17.0. The van der Waals surface area contributed by atoms with Gasteiger partial charge >= 0.3 is 6.18 Å². The molecule has 2 aromatic carbocycles. The van der Waals surface area contributed by atoms with Crippen molar-refractivity contribution in [3.8, 4) is 0 Å². The predicted octanol–water partition coefficient (Wildman–Crippen LogP) is 4.23. The SMILES string of the molecule is O=S(=O)(c1ccccc1C(F)(F)F)N1CCCC1c1ccccc1. The van der Waals surface area contributed by atoms with Gasteiger partial charge in [0.05, 0.1) is 16.5 Å². The van der Waals surface area contributed by atoms with Crippen LogP contribution in [0.2, 0.25) is 0 Å². The molecule has 0 amide bonds. The Hall–Kier alpha value is -1.86. The van der Waals surface area contributed by atoms with Crippen LogP contribution < -0.4 is 0 Å². The molecule has 128 valence electrons. The van der Waals surface area contributed by atoms with Gasteiger partial charge in [-0.2, -0.15) is 17.5 Å². The lowest BCUT2D eigenvalue weighted by Crippen LogP contribution is -2.32. The third-order valence-electron chi connectivity index (χ3n) is 4.17. The number of benzene rings is 2. The third-order valence-corrected chi connectivity index (χ3v) is 6.13. The van der Waals surface area contributed by atoms with Crippen LogP contribution in [-0.4, -0.2) is 19.3 Å². The number of hydrogen-bond acceptors (Lipinski definition) is 2. The summed E-state index contributed by atoms with van der Waals surface area (Å²) in [6.45, 7) is 0.216. The van der Waals surface area contributed by atoms with E-state index in [1.165, 1.54) is 16.4 Å². The van der Waals surface area contributed by atoms with Crippen LogP contribution >= 0.6 is 0 Å². The lowest BCUT2D eigenvalue weighted by Gasteiger charge is -2.26. The molecule has 1 unspecified atom stereocenters. The second kappa shape index (κ2) is 6.22. The zero-order chi connectivity index (χ0) is 17.4. The number of halogens is 3. The highest BCUT2D eigenvalue weighted by molar-refractivity contribution is 7.89. The molecule has 24 heavy (non-hydrogen) atoms. The van der Waals surface area contributed by atoms with E-state index in [9.17, 15) is 21.6 Å². The summed E-state index contributed by atoms with van der Waals surface area (Å²) >= 11 is 0. The van der Waals surface area contributed by atoms with E-state index in [4.69, 9.17) is 0 Å². The molecule has 3 nitrogen and oxygen atoms in total. The van der Waals surface area contributed by atoms with Crippen molar-refractivity contribution in [1.82, 2.24) is 4.31 Å². The molecule has 2 aromatic rings. The van der Waals surface area contributed by atoms with Crippen LogP contribution in [0.15, 0.2) is 59.5 Å². The van der Waals surface area contributed by atoms with E-state index in [2.05, 4.69) is 0 Å². The van der Waals surface area contributed by atoms with Crippen LogP contribution in [0.3, 0.4) is 0 Å². The summed E-state index contributed by atoms with van der Waals surface area (Å²) in [5.41, 5.74) is -0.327. The van der Waals surface area contributed by atoms with Gasteiger partial charge in [0.25, 0.3) is 0 Å². The van der Waals surface area contributed by atoms with Crippen LogP contribution in [0.1, 0.15) is 30.0 Å². The van der Waals surface area contributed by atoms with Gasteiger partial charge in [0.2, 0.25) is 10.0 Å². The summed E-state index contributed by atoms with van der Waals surface area (Å²) < 4.78 is 66.6. The third kappa shape index (κ3) is 3.06. The molecule has 1 aliphatic heterocycles. The summed E-state index contributed by atoms with van der Waals surface area (Å²) in [7, 11) is -4.24. The maximum atomic E-state index is 13.2. The average Bonchev–Trinajstić information content (AvgIpc) is 3.05. The number of hydrogen-bond donors (Lipinski definition) is 0. The van der Waals surface area contributed by atoms with Gasteiger partial charge in [-0.25, -0.2) is 8.42 Å². The number of alkyl halides is 3. The van der Waals surface area contributed by atoms with Crippen molar-refractivity contribution >= 4 is 10.0 Å². The molecule has 1 atom stereocenters. The molecule has 1 fully saturated rings. The van der Waals surface area contributed by atoms with Crippen LogP contribution in [0.4, 0.5) is 13.2 Å². The average molecular weight is 355 g/mol. The molecule has 3 rings (SSSR count). The fourth-order valence-electron chi connectivity index (χ4n) is 3.09. The van der Waals surface area contributed by atoms with E-state index in [0.717, 1.165) is 17.7 Å². The topological polar surface area (TPSA) is 37.4 Å². The summed E-state index contributed by atoms with van der Waals surface area (Å²) in [4.78, 5) is -0.680. The molecule has 1 aliphatic rings. The molecule has 0 bridgehead atoms. The molecular formula is C17H16F3NO2S. The smallest absolute Gasteiger partial charge is 0.207 e. The molecule has 1 saturated heterocycles. The van der Waals surface area contributed by atoms with Crippen molar-refractivity contribution in [2.75, 3.05) is 6.54 Å². The number of sulfonamides is 1. The summed E-state index contributed by atoms with van der Waals surface area (Å²) in [5, 5.41) is 0. The fraction of sp³-hybridized carbons (Fsp3) is 0.294.